The number of rotatable bonds is 6. The summed E-state index contributed by atoms with van der Waals surface area (Å²) in [6, 6.07) is 7.59. The number of aryl methyl sites for hydroxylation is 1. The van der Waals surface area contributed by atoms with Crippen molar-refractivity contribution in [3.8, 4) is 0 Å². The van der Waals surface area contributed by atoms with Gasteiger partial charge in [-0.25, -0.2) is 9.78 Å². The topological polar surface area (TPSA) is 88.5 Å². The summed E-state index contributed by atoms with van der Waals surface area (Å²) < 4.78 is 5.25. The molecule has 2 aromatic rings. The molecular formula is C20H24N2O4S. The highest BCUT2D eigenvalue weighted by molar-refractivity contribution is 7.09. The van der Waals surface area contributed by atoms with Crippen LogP contribution in [0.4, 0.5) is 5.69 Å². The summed E-state index contributed by atoms with van der Waals surface area (Å²) in [5, 5.41) is 15.6. The number of carbonyl (C=O) groups is 2. The van der Waals surface area contributed by atoms with Crippen LogP contribution in [-0.4, -0.2) is 27.6 Å². The minimum Gasteiger partial charge on any atom is -0.457 e. The van der Waals surface area contributed by atoms with E-state index < -0.39 is 11.6 Å². The first-order chi connectivity index (χ1) is 12.9. The first-order valence-electron chi connectivity index (χ1n) is 9.14. The van der Waals surface area contributed by atoms with Crippen molar-refractivity contribution in [1.82, 2.24) is 4.98 Å². The molecule has 1 aromatic heterocycles. The number of aromatic nitrogens is 1. The predicted molar refractivity (Wildman–Crippen MR) is 103 cm³/mol. The molecule has 1 aromatic carbocycles. The second-order valence-corrected chi connectivity index (χ2v) is 7.93. The van der Waals surface area contributed by atoms with Crippen LogP contribution in [0.3, 0.4) is 0 Å². The largest absolute Gasteiger partial charge is 0.457 e. The summed E-state index contributed by atoms with van der Waals surface area (Å²) in [4.78, 5) is 28.6. The van der Waals surface area contributed by atoms with Crippen LogP contribution in [0.15, 0.2) is 29.6 Å². The van der Waals surface area contributed by atoms with Gasteiger partial charge in [0.2, 0.25) is 5.91 Å². The Kier molecular flexibility index (Phi) is 6.23. The van der Waals surface area contributed by atoms with Gasteiger partial charge in [0.1, 0.15) is 11.6 Å². The molecule has 0 unspecified atom stereocenters. The molecule has 0 atom stereocenters. The maximum atomic E-state index is 12.1. The zero-order chi connectivity index (χ0) is 19.3. The molecule has 2 N–H and O–H groups in total. The van der Waals surface area contributed by atoms with Gasteiger partial charge < -0.3 is 15.2 Å². The number of nitrogens with one attached hydrogen (secondary N) is 1. The summed E-state index contributed by atoms with van der Waals surface area (Å²) in [5.74, 6) is -0.720. The van der Waals surface area contributed by atoms with Gasteiger partial charge in [-0.05, 0) is 44.7 Å². The summed E-state index contributed by atoms with van der Waals surface area (Å²) in [6.07, 6.45) is 3.78. The average molecular weight is 388 g/mol. The van der Waals surface area contributed by atoms with Gasteiger partial charge in [0.15, 0.2) is 5.60 Å². The minimum absolute atomic E-state index is 0.0111. The zero-order valence-corrected chi connectivity index (χ0v) is 16.2. The van der Waals surface area contributed by atoms with Gasteiger partial charge in [-0.1, -0.05) is 24.1 Å². The monoisotopic (exact) mass is 388 g/mol. The van der Waals surface area contributed by atoms with E-state index in [9.17, 15) is 14.7 Å². The van der Waals surface area contributed by atoms with Gasteiger partial charge in [-0.3, -0.25) is 4.79 Å². The molecule has 1 amide bonds. The maximum absolute atomic E-state index is 12.1. The van der Waals surface area contributed by atoms with Gasteiger partial charge in [-0.2, -0.15) is 0 Å². The van der Waals surface area contributed by atoms with E-state index in [1.165, 1.54) is 11.3 Å². The van der Waals surface area contributed by atoms with Crippen LogP contribution in [0, 0.1) is 6.92 Å². The van der Waals surface area contributed by atoms with Crippen LogP contribution in [0.2, 0.25) is 0 Å². The molecule has 6 nitrogen and oxygen atoms in total. The molecule has 0 aliphatic heterocycles. The Balaban J connectivity index is 1.48. The van der Waals surface area contributed by atoms with E-state index in [2.05, 4.69) is 10.3 Å². The van der Waals surface area contributed by atoms with Crippen molar-refractivity contribution in [2.75, 3.05) is 5.32 Å². The molecule has 1 saturated carbocycles. The lowest BCUT2D eigenvalue weighted by atomic mass is 9.85. The van der Waals surface area contributed by atoms with Crippen molar-refractivity contribution in [2.24, 2.45) is 0 Å². The summed E-state index contributed by atoms with van der Waals surface area (Å²) in [6.45, 7) is 2.00. The number of esters is 1. The highest BCUT2D eigenvalue weighted by Crippen LogP contribution is 2.29. The van der Waals surface area contributed by atoms with Gasteiger partial charge in [0.05, 0.1) is 12.1 Å². The minimum atomic E-state index is -1.36. The third kappa shape index (κ3) is 5.37. The summed E-state index contributed by atoms with van der Waals surface area (Å²) in [5.41, 5.74) is 1.11. The van der Waals surface area contributed by atoms with Gasteiger partial charge in [-0.15, -0.1) is 11.3 Å². The molecule has 1 aliphatic carbocycles. The standard InChI is InChI=1S/C20H24N2O4S/c1-14-5-7-15(8-6-14)21-17(23)11-18-22-16(13-27-18)12-26-19(24)20(25)9-3-2-4-10-20/h5-8,13,25H,2-4,9-12H2,1H3,(H,21,23). The first kappa shape index (κ1) is 19.5. The van der Waals surface area contributed by atoms with Crippen molar-refractivity contribution >= 4 is 28.9 Å². The molecule has 1 aliphatic rings. The molecule has 1 fully saturated rings. The molecule has 1 heterocycles. The Morgan fingerprint density at radius 1 is 1.22 bits per heavy atom. The van der Waals surface area contributed by atoms with Crippen LogP contribution in [0.1, 0.15) is 48.4 Å². The molecule has 0 saturated heterocycles. The van der Waals surface area contributed by atoms with Crippen LogP contribution in [-0.2, 0) is 27.4 Å². The lowest BCUT2D eigenvalue weighted by Gasteiger charge is -2.29. The number of thiazole rings is 1. The molecular weight excluding hydrogens is 364 g/mol. The van der Waals surface area contributed by atoms with Gasteiger partial charge in [0.25, 0.3) is 0 Å². The quantitative estimate of drug-likeness (QED) is 0.741. The Labute approximate surface area is 162 Å². The molecule has 0 radical (unpaired) electrons. The van der Waals surface area contributed by atoms with E-state index in [1.54, 1.807) is 5.38 Å². The number of hydrogen-bond acceptors (Lipinski definition) is 6. The van der Waals surface area contributed by atoms with Gasteiger partial charge >= 0.3 is 5.97 Å². The van der Waals surface area contributed by atoms with E-state index in [1.807, 2.05) is 31.2 Å². The van der Waals surface area contributed by atoms with E-state index in [-0.39, 0.29) is 18.9 Å². The van der Waals surface area contributed by atoms with Gasteiger partial charge in [0, 0.05) is 11.1 Å². The Hall–Kier alpha value is -2.25. The van der Waals surface area contributed by atoms with Crippen molar-refractivity contribution in [3.05, 3.63) is 45.9 Å². The van der Waals surface area contributed by atoms with Crippen LogP contribution < -0.4 is 5.32 Å². The van der Waals surface area contributed by atoms with Crippen molar-refractivity contribution in [2.45, 2.75) is 57.7 Å². The van der Waals surface area contributed by atoms with Crippen LogP contribution in [0.5, 0.6) is 0 Å². The first-order valence-corrected chi connectivity index (χ1v) is 10.0. The number of nitrogens with zero attached hydrogens (tertiary/aromatic N) is 1. The Bertz CT molecular complexity index is 795. The van der Waals surface area contributed by atoms with Crippen molar-refractivity contribution < 1.29 is 19.4 Å². The summed E-state index contributed by atoms with van der Waals surface area (Å²) in [7, 11) is 0. The van der Waals surface area contributed by atoms with Crippen LogP contribution in [0.25, 0.3) is 0 Å². The van der Waals surface area contributed by atoms with Crippen molar-refractivity contribution in [1.29, 1.82) is 0 Å². The molecule has 27 heavy (non-hydrogen) atoms. The Morgan fingerprint density at radius 3 is 2.63 bits per heavy atom. The second kappa shape index (κ2) is 8.63. The predicted octanol–water partition coefficient (Wildman–Crippen LogP) is 3.37. The molecule has 0 spiro atoms. The fraction of sp³-hybridized carbons (Fsp3) is 0.450. The van der Waals surface area contributed by atoms with E-state index in [0.29, 0.717) is 23.5 Å². The smallest absolute Gasteiger partial charge is 0.338 e. The summed E-state index contributed by atoms with van der Waals surface area (Å²) >= 11 is 1.35. The Morgan fingerprint density at radius 2 is 1.93 bits per heavy atom. The number of aliphatic hydroxyl groups is 1. The van der Waals surface area contributed by atoms with Crippen LogP contribution >= 0.6 is 11.3 Å². The van der Waals surface area contributed by atoms with E-state index >= 15 is 0 Å². The number of anilines is 1. The highest BCUT2D eigenvalue weighted by atomic mass is 32.1. The van der Waals surface area contributed by atoms with E-state index in [0.717, 1.165) is 30.5 Å². The molecule has 0 bridgehead atoms. The SMILES string of the molecule is Cc1ccc(NC(=O)Cc2nc(COC(=O)C3(O)CCCCC3)cs2)cc1. The van der Waals surface area contributed by atoms with E-state index in [4.69, 9.17) is 4.74 Å². The maximum Gasteiger partial charge on any atom is 0.338 e. The fourth-order valence-electron chi connectivity index (χ4n) is 3.09. The zero-order valence-electron chi connectivity index (χ0n) is 15.4. The number of benzene rings is 1. The highest BCUT2D eigenvalue weighted by Gasteiger charge is 2.38. The molecule has 144 valence electrons. The lowest BCUT2D eigenvalue weighted by Crippen LogP contribution is -2.41. The number of amides is 1. The normalized spacial score (nSPS) is 15.9. The number of ether oxygens (including phenoxy) is 1. The average Bonchev–Trinajstić information content (AvgIpc) is 3.09. The third-order valence-corrected chi connectivity index (χ3v) is 5.56. The molecule has 7 heteroatoms. The number of carbonyl (C=O) groups excluding carboxylic acids is 2. The number of hydrogen-bond donors (Lipinski definition) is 2. The lowest BCUT2D eigenvalue weighted by molar-refractivity contribution is -0.170. The van der Waals surface area contributed by atoms with Crippen molar-refractivity contribution in [3.63, 3.8) is 0 Å². The fourth-order valence-corrected chi connectivity index (χ4v) is 3.87. The third-order valence-electron chi connectivity index (χ3n) is 4.66. The second-order valence-electron chi connectivity index (χ2n) is 6.99. The molecule has 3 rings (SSSR count).